The first-order valence-electron chi connectivity index (χ1n) is 11.7. The summed E-state index contributed by atoms with van der Waals surface area (Å²) in [6.45, 7) is 3.22. The highest BCUT2D eigenvalue weighted by atomic mass is 16.7. The summed E-state index contributed by atoms with van der Waals surface area (Å²) in [4.78, 5) is 17.1. The number of nitriles is 1. The first-order chi connectivity index (χ1) is 17.1. The maximum atomic E-state index is 12.7. The second kappa shape index (κ2) is 10.1. The van der Waals surface area contributed by atoms with Crippen LogP contribution in [0, 0.1) is 11.3 Å². The lowest BCUT2D eigenvalue weighted by Crippen LogP contribution is -2.67. The molecule has 10 nitrogen and oxygen atoms in total. The number of carbonyl (C=O) groups is 1. The molecule has 5 unspecified atom stereocenters. The van der Waals surface area contributed by atoms with Crippen molar-refractivity contribution in [3.05, 3.63) is 54.1 Å². The van der Waals surface area contributed by atoms with E-state index in [9.17, 15) is 9.90 Å². The number of nitrogens with zero attached hydrogens (tertiary/aromatic N) is 3. The number of methoxy groups -OCH3 is 1. The SMILES string of the molecule is COc1ccccc1N1CCN(C2C3OCC(O3)C(NC(=O)Nc3cccc(C#N)c3)C2O)CC1. The Morgan fingerprint density at radius 1 is 1.17 bits per heavy atom. The highest BCUT2D eigenvalue weighted by Gasteiger charge is 2.53. The summed E-state index contributed by atoms with van der Waals surface area (Å²) in [7, 11) is 1.67. The number of carbonyl (C=O) groups excluding carboxylic acids is 1. The summed E-state index contributed by atoms with van der Waals surface area (Å²) in [6.07, 6.45) is -1.84. The minimum Gasteiger partial charge on any atom is -0.495 e. The highest BCUT2D eigenvalue weighted by Crippen LogP contribution is 2.33. The monoisotopic (exact) mass is 479 g/mol. The van der Waals surface area contributed by atoms with E-state index in [0.717, 1.165) is 24.5 Å². The van der Waals surface area contributed by atoms with Crippen LogP contribution in [0.25, 0.3) is 0 Å². The number of hydrogen-bond donors (Lipinski definition) is 3. The molecule has 3 aliphatic rings. The number of aliphatic hydroxyl groups is 1. The van der Waals surface area contributed by atoms with Gasteiger partial charge in [0.05, 0.1) is 49.2 Å². The number of anilines is 2. The van der Waals surface area contributed by atoms with E-state index in [1.807, 2.05) is 30.3 Å². The topological polar surface area (TPSA) is 119 Å². The van der Waals surface area contributed by atoms with E-state index in [2.05, 4.69) is 20.4 Å². The number of urea groups is 1. The van der Waals surface area contributed by atoms with Gasteiger partial charge in [0.25, 0.3) is 0 Å². The molecule has 2 amide bonds. The van der Waals surface area contributed by atoms with Gasteiger partial charge in [-0.15, -0.1) is 0 Å². The standard InChI is InChI=1S/C25H29N5O5/c1-33-19-8-3-2-7-18(19)29-9-11-30(12-10-29)22-23(31)21(20-15-34-24(22)35-20)28-25(32)27-17-6-4-5-16(13-17)14-26/h2-8,13,20-24,31H,9-12,15H2,1H3,(H2,27,28,32). The largest absolute Gasteiger partial charge is 0.495 e. The highest BCUT2D eigenvalue weighted by molar-refractivity contribution is 5.89. The first kappa shape index (κ1) is 23.4. The fraction of sp³-hybridized carbons (Fsp3) is 0.440. The van der Waals surface area contributed by atoms with Crippen LogP contribution in [0.2, 0.25) is 0 Å². The quantitative estimate of drug-likeness (QED) is 0.588. The molecule has 0 radical (unpaired) electrons. The van der Waals surface area contributed by atoms with Gasteiger partial charge in [0.2, 0.25) is 0 Å². The van der Waals surface area contributed by atoms with E-state index < -0.39 is 36.6 Å². The van der Waals surface area contributed by atoms with Gasteiger partial charge in [0, 0.05) is 31.9 Å². The molecule has 0 saturated carbocycles. The molecule has 0 aliphatic carbocycles. The molecular weight excluding hydrogens is 450 g/mol. The minimum atomic E-state index is -0.866. The fourth-order valence-corrected chi connectivity index (χ4v) is 5.10. The third kappa shape index (κ3) is 4.76. The number of piperazine rings is 1. The van der Waals surface area contributed by atoms with Crippen LogP contribution in [0.3, 0.4) is 0 Å². The zero-order chi connectivity index (χ0) is 24.4. The summed E-state index contributed by atoms with van der Waals surface area (Å²) in [5.41, 5.74) is 1.99. The molecule has 3 fully saturated rings. The van der Waals surface area contributed by atoms with Gasteiger partial charge in [-0.05, 0) is 30.3 Å². The molecule has 3 saturated heterocycles. The number of hydrogen-bond acceptors (Lipinski definition) is 8. The van der Waals surface area contributed by atoms with Crippen molar-refractivity contribution < 1.29 is 24.1 Å². The van der Waals surface area contributed by atoms with Crippen molar-refractivity contribution >= 4 is 17.4 Å². The lowest BCUT2D eigenvalue weighted by atomic mass is 9.94. The van der Waals surface area contributed by atoms with Gasteiger partial charge in [0.15, 0.2) is 6.29 Å². The Bertz CT molecular complexity index is 1100. The third-order valence-corrected chi connectivity index (χ3v) is 6.84. The molecule has 3 N–H and O–H groups in total. The van der Waals surface area contributed by atoms with Crippen molar-refractivity contribution in [2.75, 3.05) is 50.1 Å². The van der Waals surface area contributed by atoms with Gasteiger partial charge in [-0.1, -0.05) is 18.2 Å². The first-order valence-corrected chi connectivity index (χ1v) is 11.7. The second-order valence-corrected chi connectivity index (χ2v) is 8.87. The van der Waals surface area contributed by atoms with E-state index >= 15 is 0 Å². The lowest BCUT2D eigenvalue weighted by Gasteiger charge is -2.47. The van der Waals surface area contributed by atoms with Crippen LogP contribution < -0.4 is 20.3 Å². The maximum Gasteiger partial charge on any atom is 0.319 e. The molecule has 184 valence electrons. The van der Waals surface area contributed by atoms with Crippen LogP contribution in [0.15, 0.2) is 48.5 Å². The second-order valence-electron chi connectivity index (χ2n) is 8.87. The number of aliphatic hydroxyl groups excluding tert-OH is 1. The molecule has 2 bridgehead atoms. The number of fused-ring (bicyclic) bond motifs is 2. The van der Waals surface area contributed by atoms with Crippen molar-refractivity contribution in [1.29, 1.82) is 5.26 Å². The number of nitrogens with one attached hydrogen (secondary N) is 2. The van der Waals surface area contributed by atoms with Crippen LogP contribution in [-0.2, 0) is 9.47 Å². The molecule has 3 heterocycles. The molecule has 5 rings (SSSR count). The number of benzene rings is 2. The molecule has 35 heavy (non-hydrogen) atoms. The Kier molecular flexibility index (Phi) is 6.74. The predicted molar refractivity (Wildman–Crippen MR) is 128 cm³/mol. The molecule has 2 aromatic carbocycles. The average Bonchev–Trinajstić information content (AvgIpc) is 3.32. The van der Waals surface area contributed by atoms with Crippen molar-refractivity contribution in [3.8, 4) is 11.8 Å². The fourth-order valence-electron chi connectivity index (χ4n) is 5.10. The van der Waals surface area contributed by atoms with E-state index in [1.54, 1.807) is 31.4 Å². The summed E-state index contributed by atoms with van der Waals surface area (Å²) in [5.74, 6) is 0.833. The Labute approximate surface area is 204 Å². The van der Waals surface area contributed by atoms with Crippen LogP contribution >= 0.6 is 0 Å². The van der Waals surface area contributed by atoms with Crippen molar-refractivity contribution in [2.45, 2.75) is 30.6 Å². The Morgan fingerprint density at radius 3 is 2.74 bits per heavy atom. The minimum absolute atomic E-state index is 0.300. The smallest absolute Gasteiger partial charge is 0.319 e. The van der Waals surface area contributed by atoms with Gasteiger partial charge < -0.3 is 34.9 Å². The summed E-state index contributed by atoms with van der Waals surface area (Å²) in [5, 5.41) is 26.0. The number of para-hydroxylation sites is 2. The Balaban J connectivity index is 1.23. The van der Waals surface area contributed by atoms with Gasteiger partial charge in [-0.2, -0.15) is 5.26 Å². The van der Waals surface area contributed by atoms with E-state index in [-0.39, 0.29) is 0 Å². The average molecular weight is 480 g/mol. The van der Waals surface area contributed by atoms with E-state index in [1.165, 1.54) is 0 Å². The predicted octanol–water partition coefficient (Wildman–Crippen LogP) is 1.36. The van der Waals surface area contributed by atoms with Gasteiger partial charge in [-0.3, -0.25) is 4.90 Å². The van der Waals surface area contributed by atoms with E-state index in [4.69, 9.17) is 19.5 Å². The third-order valence-electron chi connectivity index (χ3n) is 6.84. The Morgan fingerprint density at radius 2 is 1.97 bits per heavy atom. The maximum absolute atomic E-state index is 12.7. The van der Waals surface area contributed by atoms with Gasteiger partial charge in [0.1, 0.15) is 11.9 Å². The lowest BCUT2D eigenvalue weighted by molar-refractivity contribution is -0.181. The Hall–Kier alpha value is -3.36. The van der Waals surface area contributed by atoms with E-state index in [0.29, 0.717) is 30.9 Å². The van der Waals surface area contributed by atoms with Crippen molar-refractivity contribution in [2.24, 2.45) is 0 Å². The number of rotatable bonds is 5. The van der Waals surface area contributed by atoms with Crippen molar-refractivity contribution in [1.82, 2.24) is 10.2 Å². The zero-order valence-corrected chi connectivity index (χ0v) is 19.5. The molecule has 0 aromatic heterocycles. The van der Waals surface area contributed by atoms with Crippen LogP contribution in [0.5, 0.6) is 5.75 Å². The molecule has 3 aliphatic heterocycles. The number of amides is 2. The normalized spacial score (nSPS) is 28.3. The van der Waals surface area contributed by atoms with Crippen LogP contribution in [-0.4, -0.2) is 86.5 Å². The van der Waals surface area contributed by atoms with Crippen LogP contribution in [0.1, 0.15) is 5.56 Å². The summed E-state index contributed by atoms with van der Waals surface area (Å²) in [6, 6.07) is 15.1. The summed E-state index contributed by atoms with van der Waals surface area (Å²) < 4.78 is 17.4. The number of ether oxygens (including phenoxy) is 3. The van der Waals surface area contributed by atoms with Crippen molar-refractivity contribution in [3.63, 3.8) is 0 Å². The molecule has 0 spiro atoms. The molecular formula is C25H29N5O5. The van der Waals surface area contributed by atoms with Crippen LogP contribution in [0.4, 0.5) is 16.2 Å². The molecule has 10 heteroatoms. The summed E-state index contributed by atoms with van der Waals surface area (Å²) >= 11 is 0. The molecule has 5 atom stereocenters. The molecule has 2 aromatic rings. The van der Waals surface area contributed by atoms with Gasteiger partial charge >= 0.3 is 6.03 Å². The zero-order valence-electron chi connectivity index (χ0n) is 19.5. The van der Waals surface area contributed by atoms with Gasteiger partial charge in [-0.25, -0.2) is 4.79 Å².